The number of pyridine rings is 1. The van der Waals surface area contributed by atoms with Gasteiger partial charge < -0.3 is 4.74 Å². The van der Waals surface area contributed by atoms with Gasteiger partial charge >= 0.3 is 0 Å². The number of benzene rings is 1. The highest BCUT2D eigenvalue weighted by Gasteiger charge is 2.30. The van der Waals surface area contributed by atoms with E-state index in [1.807, 2.05) is 0 Å². The number of non-ortho nitro benzene ring substituents is 1. The van der Waals surface area contributed by atoms with E-state index >= 15 is 0 Å². The van der Waals surface area contributed by atoms with E-state index in [0.29, 0.717) is 17.1 Å². The number of anilines is 1. The topological polar surface area (TPSA) is 112 Å². The van der Waals surface area contributed by atoms with Gasteiger partial charge in [0.25, 0.3) is 5.69 Å². The van der Waals surface area contributed by atoms with Gasteiger partial charge in [-0.15, -0.1) is 5.10 Å². The predicted octanol–water partition coefficient (Wildman–Crippen LogP) is 2.78. The summed E-state index contributed by atoms with van der Waals surface area (Å²) < 4.78 is 7.16. The summed E-state index contributed by atoms with van der Waals surface area (Å²) >= 11 is 0. The summed E-state index contributed by atoms with van der Waals surface area (Å²) in [5.41, 5.74) is 0.445. The maximum absolute atomic E-state index is 11.8. The first-order valence-electron chi connectivity index (χ1n) is 7.68. The monoisotopic (exact) mass is 339 g/mol. The molecular formula is C16H13N5O4. The number of ether oxygens (including phenoxy) is 1. The zero-order chi connectivity index (χ0) is 17.4. The number of nitrogens with zero attached hydrogens (tertiary/aromatic N) is 4. The maximum Gasteiger partial charge on any atom is 0.273 e. The van der Waals surface area contributed by atoms with Crippen molar-refractivity contribution in [3.05, 3.63) is 52.7 Å². The first-order valence-corrected chi connectivity index (χ1v) is 7.68. The lowest BCUT2D eigenvalue weighted by atomic mass is 10.3. The SMILES string of the molecule is O=C(Nc1nc2cc(Oc3cccc([N+](=O)[O-])c3)ccn2n1)C1CC1. The number of nitro benzene ring substituents is 1. The number of carbonyl (C=O) groups excluding carboxylic acids is 1. The Bertz CT molecular complexity index is 980. The molecule has 1 N–H and O–H groups in total. The lowest BCUT2D eigenvalue weighted by molar-refractivity contribution is -0.384. The highest BCUT2D eigenvalue weighted by atomic mass is 16.6. The summed E-state index contributed by atoms with van der Waals surface area (Å²) in [6.45, 7) is 0. The smallest absolute Gasteiger partial charge is 0.273 e. The Morgan fingerprint density at radius 1 is 1.28 bits per heavy atom. The summed E-state index contributed by atoms with van der Waals surface area (Å²) in [4.78, 5) is 26.3. The van der Waals surface area contributed by atoms with Crippen LogP contribution < -0.4 is 10.1 Å². The second-order valence-electron chi connectivity index (χ2n) is 5.72. The van der Waals surface area contributed by atoms with Crippen molar-refractivity contribution in [2.75, 3.05) is 5.32 Å². The van der Waals surface area contributed by atoms with Crippen LogP contribution in [0.5, 0.6) is 11.5 Å². The van der Waals surface area contributed by atoms with Crippen molar-refractivity contribution in [2.24, 2.45) is 5.92 Å². The molecule has 1 saturated carbocycles. The lowest BCUT2D eigenvalue weighted by Gasteiger charge is -2.05. The average Bonchev–Trinajstić information content (AvgIpc) is 3.36. The number of rotatable bonds is 5. The molecule has 0 spiro atoms. The molecule has 2 aromatic heterocycles. The lowest BCUT2D eigenvalue weighted by Crippen LogP contribution is -2.14. The molecule has 1 aromatic carbocycles. The number of fused-ring (bicyclic) bond motifs is 1. The Labute approximate surface area is 141 Å². The van der Waals surface area contributed by atoms with Crippen LogP contribution in [-0.2, 0) is 4.79 Å². The van der Waals surface area contributed by atoms with Gasteiger partial charge in [-0.3, -0.25) is 20.2 Å². The number of hydrogen-bond acceptors (Lipinski definition) is 6. The van der Waals surface area contributed by atoms with Crippen LogP contribution in [0.4, 0.5) is 11.6 Å². The van der Waals surface area contributed by atoms with Crippen LogP contribution in [0.25, 0.3) is 5.65 Å². The summed E-state index contributed by atoms with van der Waals surface area (Å²) in [5, 5.41) is 17.7. The molecule has 9 nitrogen and oxygen atoms in total. The molecule has 0 saturated heterocycles. The van der Waals surface area contributed by atoms with Gasteiger partial charge in [0, 0.05) is 24.2 Å². The van der Waals surface area contributed by atoms with Gasteiger partial charge in [-0.2, -0.15) is 4.98 Å². The van der Waals surface area contributed by atoms with Crippen molar-refractivity contribution in [2.45, 2.75) is 12.8 Å². The van der Waals surface area contributed by atoms with Gasteiger partial charge in [-0.05, 0) is 25.0 Å². The Kier molecular flexibility index (Phi) is 3.53. The molecule has 2 heterocycles. The number of aromatic nitrogens is 3. The molecule has 1 fully saturated rings. The summed E-state index contributed by atoms with van der Waals surface area (Å²) in [5.74, 6) is 1.05. The van der Waals surface area contributed by atoms with Crippen LogP contribution in [0.3, 0.4) is 0 Å². The van der Waals surface area contributed by atoms with Crippen LogP contribution in [0.1, 0.15) is 12.8 Å². The molecule has 3 aromatic rings. The molecule has 1 aliphatic carbocycles. The molecule has 9 heteroatoms. The second kappa shape index (κ2) is 5.86. The van der Waals surface area contributed by atoms with E-state index in [2.05, 4.69) is 15.4 Å². The van der Waals surface area contributed by atoms with Crippen LogP contribution in [-0.4, -0.2) is 25.4 Å². The number of hydrogen-bond donors (Lipinski definition) is 1. The third-order valence-electron chi connectivity index (χ3n) is 3.76. The zero-order valence-electron chi connectivity index (χ0n) is 13.0. The minimum atomic E-state index is -0.483. The van der Waals surface area contributed by atoms with E-state index in [0.717, 1.165) is 12.8 Å². The number of amides is 1. The molecule has 1 aliphatic rings. The van der Waals surface area contributed by atoms with Crippen molar-refractivity contribution in [3.8, 4) is 11.5 Å². The maximum atomic E-state index is 11.8. The molecule has 4 rings (SSSR count). The van der Waals surface area contributed by atoms with Crippen molar-refractivity contribution in [1.29, 1.82) is 0 Å². The van der Waals surface area contributed by atoms with Gasteiger partial charge in [0.15, 0.2) is 5.65 Å². The van der Waals surface area contributed by atoms with Crippen molar-refractivity contribution in [1.82, 2.24) is 14.6 Å². The molecule has 1 amide bonds. The van der Waals surface area contributed by atoms with Crippen LogP contribution in [0, 0.1) is 16.0 Å². The standard InChI is InChI=1S/C16H13N5O4/c22-15(10-4-5-10)18-16-17-14-9-13(6-7-20(14)19-16)25-12-3-1-2-11(8-12)21(23)24/h1-3,6-10H,4-5H2,(H,18,19,22). The van der Waals surface area contributed by atoms with Gasteiger partial charge in [0.2, 0.25) is 11.9 Å². The fraction of sp³-hybridized carbons (Fsp3) is 0.188. The molecule has 0 atom stereocenters. The Hall–Kier alpha value is -3.49. The highest BCUT2D eigenvalue weighted by Crippen LogP contribution is 2.30. The number of carbonyl (C=O) groups is 1. The normalized spacial score (nSPS) is 13.6. The van der Waals surface area contributed by atoms with Crippen LogP contribution in [0.2, 0.25) is 0 Å². The largest absolute Gasteiger partial charge is 0.457 e. The third-order valence-corrected chi connectivity index (χ3v) is 3.76. The summed E-state index contributed by atoms with van der Waals surface area (Å²) in [7, 11) is 0. The highest BCUT2D eigenvalue weighted by molar-refractivity contribution is 5.92. The van der Waals surface area contributed by atoms with Gasteiger partial charge in [0.1, 0.15) is 11.5 Å². The quantitative estimate of drug-likeness (QED) is 0.565. The predicted molar refractivity (Wildman–Crippen MR) is 87.5 cm³/mol. The van der Waals surface area contributed by atoms with Crippen molar-refractivity contribution < 1.29 is 14.5 Å². The second-order valence-corrected chi connectivity index (χ2v) is 5.72. The molecular weight excluding hydrogens is 326 g/mol. The Morgan fingerprint density at radius 3 is 2.84 bits per heavy atom. The fourth-order valence-electron chi connectivity index (χ4n) is 2.33. The summed E-state index contributed by atoms with van der Waals surface area (Å²) in [6.07, 6.45) is 3.45. The molecule has 0 bridgehead atoms. The van der Waals surface area contributed by atoms with E-state index < -0.39 is 4.92 Å². The molecule has 25 heavy (non-hydrogen) atoms. The zero-order valence-corrected chi connectivity index (χ0v) is 13.0. The molecule has 0 unspecified atom stereocenters. The molecule has 0 aliphatic heterocycles. The van der Waals surface area contributed by atoms with Crippen molar-refractivity contribution in [3.63, 3.8) is 0 Å². The number of nitro groups is 1. The van der Waals surface area contributed by atoms with E-state index in [1.54, 1.807) is 30.5 Å². The third kappa shape index (κ3) is 3.25. The van der Waals surface area contributed by atoms with E-state index in [1.165, 1.54) is 16.6 Å². The molecule has 126 valence electrons. The Morgan fingerprint density at radius 2 is 2.08 bits per heavy atom. The molecule has 0 radical (unpaired) electrons. The minimum Gasteiger partial charge on any atom is -0.457 e. The van der Waals surface area contributed by atoms with Gasteiger partial charge in [-0.1, -0.05) is 6.07 Å². The van der Waals surface area contributed by atoms with Crippen LogP contribution in [0.15, 0.2) is 42.6 Å². The van der Waals surface area contributed by atoms with E-state index in [-0.39, 0.29) is 23.5 Å². The van der Waals surface area contributed by atoms with Crippen molar-refractivity contribution >= 4 is 23.2 Å². The van der Waals surface area contributed by atoms with E-state index in [9.17, 15) is 14.9 Å². The van der Waals surface area contributed by atoms with Gasteiger partial charge in [0.05, 0.1) is 11.0 Å². The summed E-state index contributed by atoms with van der Waals surface area (Å²) in [6, 6.07) is 9.21. The Balaban J connectivity index is 1.55. The first-order chi connectivity index (χ1) is 12.1. The minimum absolute atomic E-state index is 0.0499. The first kappa shape index (κ1) is 15.1. The van der Waals surface area contributed by atoms with E-state index in [4.69, 9.17) is 4.74 Å². The average molecular weight is 339 g/mol. The number of nitrogens with one attached hydrogen (secondary N) is 1. The fourth-order valence-corrected chi connectivity index (χ4v) is 2.33. The van der Waals surface area contributed by atoms with Gasteiger partial charge in [-0.25, -0.2) is 4.52 Å². The van der Waals surface area contributed by atoms with Crippen LogP contribution >= 0.6 is 0 Å².